The highest BCUT2D eigenvalue weighted by Crippen LogP contribution is 2.05. The smallest absolute Gasteiger partial charge is 0.0617 e. The second-order valence-corrected chi connectivity index (χ2v) is 4.32. The predicted octanol–water partition coefficient (Wildman–Crippen LogP) is 0.234. The van der Waals surface area contributed by atoms with Crippen LogP contribution in [0.25, 0.3) is 0 Å². The van der Waals surface area contributed by atoms with Crippen LogP contribution < -0.4 is 5.73 Å². The van der Waals surface area contributed by atoms with Gasteiger partial charge in [0.25, 0.3) is 0 Å². The minimum Gasteiger partial charge on any atom is -0.383 e. The van der Waals surface area contributed by atoms with Crippen molar-refractivity contribution in [2.45, 2.75) is 18.9 Å². The van der Waals surface area contributed by atoms with Crippen molar-refractivity contribution < 1.29 is 4.74 Å². The highest BCUT2D eigenvalue weighted by atomic mass is 16.5. The molecule has 4 heteroatoms. The number of ether oxygens (including phenoxy) is 1. The molecule has 0 rings (SSSR count). The third-order valence-corrected chi connectivity index (χ3v) is 2.62. The Labute approximate surface area is 94.4 Å². The van der Waals surface area contributed by atoms with Crippen LogP contribution in [-0.4, -0.2) is 70.3 Å². The number of rotatable bonds is 9. The number of nitrogens with two attached hydrogens (primary N) is 1. The zero-order valence-corrected chi connectivity index (χ0v) is 10.7. The van der Waals surface area contributed by atoms with Gasteiger partial charge in [0.1, 0.15) is 0 Å². The lowest BCUT2D eigenvalue weighted by molar-refractivity contribution is 0.0960. The third-order valence-electron chi connectivity index (χ3n) is 2.62. The van der Waals surface area contributed by atoms with E-state index in [2.05, 4.69) is 30.9 Å². The largest absolute Gasteiger partial charge is 0.383 e. The summed E-state index contributed by atoms with van der Waals surface area (Å²) in [5.41, 5.74) is 5.53. The van der Waals surface area contributed by atoms with Crippen LogP contribution in [0.5, 0.6) is 0 Å². The zero-order chi connectivity index (χ0) is 11.7. The van der Waals surface area contributed by atoms with Gasteiger partial charge in [-0.3, -0.25) is 4.90 Å². The van der Waals surface area contributed by atoms with Gasteiger partial charge in [0.2, 0.25) is 0 Å². The van der Waals surface area contributed by atoms with E-state index in [9.17, 15) is 0 Å². The summed E-state index contributed by atoms with van der Waals surface area (Å²) in [6, 6.07) is 0.499. The molecule has 0 aliphatic rings. The van der Waals surface area contributed by atoms with Crippen molar-refractivity contribution in [3.05, 3.63) is 0 Å². The van der Waals surface area contributed by atoms with Crippen LogP contribution in [0.15, 0.2) is 0 Å². The van der Waals surface area contributed by atoms with Crippen LogP contribution in [-0.2, 0) is 4.74 Å². The molecule has 92 valence electrons. The molecule has 0 radical (unpaired) electrons. The van der Waals surface area contributed by atoms with Crippen molar-refractivity contribution >= 4 is 0 Å². The summed E-state index contributed by atoms with van der Waals surface area (Å²) in [4.78, 5) is 4.56. The first-order valence-electron chi connectivity index (χ1n) is 5.65. The summed E-state index contributed by atoms with van der Waals surface area (Å²) in [5, 5.41) is 0. The Bertz CT molecular complexity index is 142. The molecule has 0 amide bonds. The van der Waals surface area contributed by atoms with Crippen LogP contribution >= 0.6 is 0 Å². The molecule has 0 saturated carbocycles. The van der Waals surface area contributed by atoms with Crippen molar-refractivity contribution in [1.82, 2.24) is 9.80 Å². The number of hydrogen-bond acceptors (Lipinski definition) is 4. The molecular weight excluding hydrogens is 190 g/mol. The van der Waals surface area contributed by atoms with E-state index in [0.717, 1.165) is 39.1 Å². The number of nitrogens with zero attached hydrogens (tertiary/aromatic N) is 2. The fourth-order valence-corrected chi connectivity index (χ4v) is 1.52. The predicted molar refractivity (Wildman–Crippen MR) is 65.1 cm³/mol. The van der Waals surface area contributed by atoms with Gasteiger partial charge in [0.15, 0.2) is 0 Å². The van der Waals surface area contributed by atoms with Gasteiger partial charge in [0, 0.05) is 26.2 Å². The molecule has 0 saturated heterocycles. The molecule has 15 heavy (non-hydrogen) atoms. The lowest BCUT2D eigenvalue weighted by Crippen LogP contribution is -2.39. The van der Waals surface area contributed by atoms with E-state index in [4.69, 9.17) is 10.5 Å². The number of hydrogen-bond donors (Lipinski definition) is 1. The van der Waals surface area contributed by atoms with Crippen molar-refractivity contribution in [2.75, 3.05) is 54.5 Å². The fourth-order valence-electron chi connectivity index (χ4n) is 1.52. The van der Waals surface area contributed by atoms with Crippen LogP contribution in [0.4, 0.5) is 0 Å². The molecule has 0 bridgehead atoms. The Morgan fingerprint density at radius 3 is 2.33 bits per heavy atom. The van der Waals surface area contributed by atoms with E-state index in [-0.39, 0.29) is 0 Å². The first-order chi connectivity index (χ1) is 7.11. The number of likely N-dealkylation sites (N-methyl/N-ethyl adjacent to an activating group) is 2. The maximum absolute atomic E-state index is 5.53. The summed E-state index contributed by atoms with van der Waals surface area (Å²) in [5.74, 6) is 0. The SMILES string of the molecule is COCC(CCCN)N(C)CCN(C)C. The molecular formula is C11H27N3O. The summed E-state index contributed by atoms with van der Waals surface area (Å²) < 4.78 is 5.23. The van der Waals surface area contributed by atoms with E-state index in [0.29, 0.717) is 6.04 Å². The molecule has 1 atom stereocenters. The second kappa shape index (κ2) is 9.09. The first-order valence-corrected chi connectivity index (χ1v) is 5.65. The van der Waals surface area contributed by atoms with Gasteiger partial charge in [-0.1, -0.05) is 0 Å². The summed E-state index contributed by atoms with van der Waals surface area (Å²) in [6.07, 6.45) is 2.19. The van der Waals surface area contributed by atoms with Crippen LogP contribution in [0.1, 0.15) is 12.8 Å². The molecule has 2 N–H and O–H groups in total. The van der Waals surface area contributed by atoms with Gasteiger partial charge < -0.3 is 15.4 Å². The lowest BCUT2D eigenvalue weighted by atomic mass is 10.1. The highest BCUT2D eigenvalue weighted by molar-refractivity contribution is 4.69. The standard InChI is InChI=1S/C11H27N3O/c1-13(2)8-9-14(3)11(10-15-4)6-5-7-12/h11H,5-10,12H2,1-4H3. The maximum Gasteiger partial charge on any atom is 0.0617 e. The molecule has 0 aromatic rings. The molecule has 0 aromatic heterocycles. The van der Waals surface area contributed by atoms with Gasteiger partial charge >= 0.3 is 0 Å². The molecule has 0 aliphatic carbocycles. The van der Waals surface area contributed by atoms with Crippen molar-refractivity contribution in [3.63, 3.8) is 0 Å². The Hall–Kier alpha value is -0.160. The Morgan fingerprint density at radius 2 is 1.87 bits per heavy atom. The van der Waals surface area contributed by atoms with E-state index < -0.39 is 0 Å². The van der Waals surface area contributed by atoms with Crippen molar-refractivity contribution in [2.24, 2.45) is 5.73 Å². The molecule has 1 unspecified atom stereocenters. The topological polar surface area (TPSA) is 41.7 Å². The fraction of sp³-hybridized carbons (Fsp3) is 1.00. The average molecular weight is 217 g/mol. The summed E-state index contributed by atoms with van der Waals surface area (Å²) in [6.45, 7) is 3.72. The Morgan fingerprint density at radius 1 is 1.20 bits per heavy atom. The molecule has 4 nitrogen and oxygen atoms in total. The molecule has 0 heterocycles. The van der Waals surface area contributed by atoms with Crippen LogP contribution in [0.3, 0.4) is 0 Å². The normalized spacial score (nSPS) is 13.8. The Balaban J connectivity index is 3.86. The minimum absolute atomic E-state index is 0.499. The van der Waals surface area contributed by atoms with E-state index >= 15 is 0 Å². The van der Waals surface area contributed by atoms with Gasteiger partial charge in [-0.05, 0) is 40.5 Å². The van der Waals surface area contributed by atoms with Crippen LogP contribution in [0.2, 0.25) is 0 Å². The lowest BCUT2D eigenvalue weighted by Gasteiger charge is -2.28. The van der Waals surface area contributed by atoms with Gasteiger partial charge in [0.05, 0.1) is 6.61 Å². The monoisotopic (exact) mass is 217 g/mol. The van der Waals surface area contributed by atoms with Gasteiger partial charge in [-0.25, -0.2) is 0 Å². The van der Waals surface area contributed by atoms with E-state index in [1.54, 1.807) is 7.11 Å². The highest BCUT2D eigenvalue weighted by Gasteiger charge is 2.13. The number of methoxy groups -OCH3 is 1. The molecule has 0 spiro atoms. The molecule has 0 fully saturated rings. The average Bonchev–Trinajstić information content (AvgIpc) is 2.20. The van der Waals surface area contributed by atoms with Crippen molar-refractivity contribution in [1.29, 1.82) is 0 Å². The second-order valence-electron chi connectivity index (χ2n) is 4.32. The van der Waals surface area contributed by atoms with Gasteiger partial charge in [-0.2, -0.15) is 0 Å². The molecule has 0 aliphatic heterocycles. The van der Waals surface area contributed by atoms with E-state index in [1.807, 2.05) is 0 Å². The third kappa shape index (κ3) is 7.73. The zero-order valence-electron chi connectivity index (χ0n) is 10.7. The van der Waals surface area contributed by atoms with Gasteiger partial charge in [-0.15, -0.1) is 0 Å². The summed E-state index contributed by atoms with van der Waals surface area (Å²) in [7, 11) is 8.11. The first kappa shape index (κ1) is 14.8. The minimum atomic E-state index is 0.499. The quantitative estimate of drug-likeness (QED) is 0.600. The Kier molecular flexibility index (Phi) is 9.00. The molecule has 0 aromatic carbocycles. The van der Waals surface area contributed by atoms with Crippen molar-refractivity contribution in [3.8, 4) is 0 Å². The van der Waals surface area contributed by atoms with E-state index in [1.165, 1.54) is 0 Å². The maximum atomic E-state index is 5.53. The van der Waals surface area contributed by atoms with Crippen LogP contribution in [0, 0.1) is 0 Å². The summed E-state index contributed by atoms with van der Waals surface area (Å²) >= 11 is 0.